The van der Waals surface area contributed by atoms with E-state index >= 15 is 0 Å². The predicted octanol–water partition coefficient (Wildman–Crippen LogP) is 1.96. The van der Waals surface area contributed by atoms with Gasteiger partial charge in [0.1, 0.15) is 0 Å². The molecule has 1 saturated heterocycles. The fourth-order valence-electron chi connectivity index (χ4n) is 2.33. The predicted molar refractivity (Wildman–Crippen MR) is 71.2 cm³/mol. The second-order valence-electron chi connectivity index (χ2n) is 5.16. The van der Waals surface area contributed by atoms with Crippen LogP contribution < -0.4 is 0 Å². The number of rotatable bonds is 8. The van der Waals surface area contributed by atoms with Crippen LogP contribution in [0.3, 0.4) is 0 Å². The van der Waals surface area contributed by atoms with Crippen molar-refractivity contribution in [3.05, 3.63) is 0 Å². The third-order valence-electron chi connectivity index (χ3n) is 3.91. The number of esters is 1. The molecule has 1 rings (SSSR count). The van der Waals surface area contributed by atoms with Crippen molar-refractivity contribution >= 4 is 11.9 Å². The summed E-state index contributed by atoms with van der Waals surface area (Å²) >= 11 is 0. The largest absolute Gasteiger partial charge is 0.480 e. The van der Waals surface area contributed by atoms with Crippen molar-refractivity contribution in [1.82, 2.24) is 0 Å². The molecule has 0 saturated carbocycles. The summed E-state index contributed by atoms with van der Waals surface area (Å²) in [6.45, 7) is 6.53. The Morgan fingerprint density at radius 3 is 2.25 bits per heavy atom. The van der Waals surface area contributed by atoms with Crippen LogP contribution >= 0.6 is 0 Å². The number of carbonyl (C=O) groups excluding carboxylic acids is 1. The summed E-state index contributed by atoms with van der Waals surface area (Å²) < 4.78 is 16.0. The summed E-state index contributed by atoms with van der Waals surface area (Å²) in [4.78, 5) is 23.3. The summed E-state index contributed by atoms with van der Waals surface area (Å²) in [5, 5.41) is 9.22. The Morgan fingerprint density at radius 1 is 1.25 bits per heavy atom. The zero-order chi connectivity index (χ0) is 15.2. The van der Waals surface area contributed by atoms with Gasteiger partial charge in [0.15, 0.2) is 11.2 Å². The first-order valence-corrected chi connectivity index (χ1v) is 7.09. The molecular weight excluding hydrogens is 264 g/mol. The van der Waals surface area contributed by atoms with E-state index in [2.05, 4.69) is 0 Å². The molecule has 0 aromatic heterocycles. The van der Waals surface area contributed by atoms with Crippen LogP contribution in [0.15, 0.2) is 0 Å². The molecule has 1 aliphatic rings. The Labute approximate surface area is 119 Å². The Balaban J connectivity index is 2.40. The first-order chi connectivity index (χ1) is 9.40. The molecule has 1 fully saturated rings. The van der Waals surface area contributed by atoms with E-state index in [9.17, 15) is 14.7 Å². The summed E-state index contributed by atoms with van der Waals surface area (Å²) in [5.41, 5.74) is -1.43. The molecule has 0 aromatic rings. The van der Waals surface area contributed by atoms with Gasteiger partial charge in [-0.15, -0.1) is 0 Å². The maximum absolute atomic E-state index is 12.0. The summed E-state index contributed by atoms with van der Waals surface area (Å²) in [6, 6.07) is 0. The fraction of sp³-hybridized carbons (Fsp3) is 0.857. The molecular formula is C14H24O6. The minimum absolute atomic E-state index is 0.177. The van der Waals surface area contributed by atoms with E-state index in [1.807, 2.05) is 6.92 Å². The highest BCUT2D eigenvalue weighted by atomic mass is 16.7. The molecule has 1 aliphatic heterocycles. The topological polar surface area (TPSA) is 82.1 Å². The van der Waals surface area contributed by atoms with E-state index in [0.717, 1.165) is 0 Å². The van der Waals surface area contributed by atoms with Gasteiger partial charge in [-0.25, -0.2) is 0 Å². The van der Waals surface area contributed by atoms with Gasteiger partial charge < -0.3 is 19.3 Å². The maximum Gasteiger partial charge on any atom is 0.323 e. The number of carbonyl (C=O) groups is 2. The molecule has 0 amide bonds. The summed E-state index contributed by atoms with van der Waals surface area (Å²) in [7, 11) is 0. The summed E-state index contributed by atoms with van der Waals surface area (Å²) in [5.74, 6) is -2.39. The first-order valence-electron chi connectivity index (χ1n) is 7.09. The van der Waals surface area contributed by atoms with Crippen molar-refractivity contribution in [3.63, 3.8) is 0 Å². The van der Waals surface area contributed by atoms with Crippen LogP contribution in [-0.4, -0.2) is 42.7 Å². The van der Waals surface area contributed by atoms with Crippen LogP contribution in [0.4, 0.5) is 0 Å². The number of hydrogen-bond donors (Lipinski definition) is 1. The van der Waals surface area contributed by atoms with E-state index in [1.165, 1.54) is 0 Å². The number of hydrogen-bond acceptors (Lipinski definition) is 5. The average Bonchev–Trinajstić information content (AvgIpc) is 2.84. The van der Waals surface area contributed by atoms with Gasteiger partial charge in [0.25, 0.3) is 0 Å². The molecule has 20 heavy (non-hydrogen) atoms. The highest BCUT2D eigenvalue weighted by Crippen LogP contribution is 2.29. The van der Waals surface area contributed by atoms with Gasteiger partial charge in [-0.05, 0) is 26.2 Å². The molecule has 6 nitrogen and oxygen atoms in total. The molecule has 0 radical (unpaired) electrons. The van der Waals surface area contributed by atoms with Gasteiger partial charge in [0, 0.05) is 6.42 Å². The van der Waals surface area contributed by atoms with Crippen molar-refractivity contribution < 1.29 is 28.9 Å². The Morgan fingerprint density at radius 2 is 1.80 bits per heavy atom. The van der Waals surface area contributed by atoms with Crippen molar-refractivity contribution in [2.45, 2.75) is 52.2 Å². The lowest BCUT2D eigenvalue weighted by Crippen LogP contribution is -2.40. The zero-order valence-corrected chi connectivity index (χ0v) is 12.4. The molecule has 0 aliphatic carbocycles. The third-order valence-corrected chi connectivity index (χ3v) is 3.91. The lowest BCUT2D eigenvalue weighted by molar-refractivity contribution is -0.172. The molecule has 0 bridgehead atoms. The Kier molecular flexibility index (Phi) is 5.95. The van der Waals surface area contributed by atoms with Crippen molar-refractivity contribution in [1.29, 1.82) is 0 Å². The van der Waals surface area contributed by atoms with Crippen LogP contribution in [0.1, 0.15) is 46.5 Å². The lowest BCUT2D eigenvalue weighted by atomic mass is 9.82. The van der Waals surface area contributed by atoms with Gasteiger partial charge in [-0.2, -0.15) is 0 Å². The van der Waals surface area contributed by atoms with Crippen molar-refractivity contribution in [2.24, 2.45) is 5.41 Å². The van der Waals surface area contributed by atoms with Gasteiger partial charge in [-0.1, -0.05) is 13.8 Å². The smallest absolute Gasteiger partial charge is 0.323 e. The van der Waals surface area contributed by atoms with E-state index in [1.54, 1.807) is 13.8 Å². The van der Waals surface area contributed by atoms with Gasteiger partial charge >= 0.3 is 11.9 Å². The Bertz CT molecular complexity index is 342. The number of ether oxygens (including phenoxy) is 3. The molecule has 0 unspecified atom stereocenters. The number of carboxylic acid groups (broad SMARTS) is 1. The van der Waals surface area contributed by atoms with Crippen molar-refractivity contribution in [2.75, 3.05) is 19.8 Å². The average molecular weight is 288 g/mol. The Hall–Kier alpha value is -1.14. The molecule has 6 heteroatoms. The standard InChI is InChI=1S/C14H24O6/c1-4-14(5-2,11(15)16)12(17)18-8-6-7-13(3)19-9-10-20-13/h4-10H2,1-3H3,(H,15,16). The van der Waals surface area contributed by atoms with Crippen LogP contribution in [0.2, 0.25) is 0 Å². The monoisotopic (exact) mass is 288 g/mol. The highest BCUT2D eigenvalue weighted by Gasteiger charge is 2.44. The number of aliphatic carboxylic acids is 1. The molecule has 1 heterocycles. The van der Waals surface area contributed by atoms with Gasteiger partial charge in [0.05, 0.1) is 19.8 Å². The first kappa shape index (κ1) is 16.9. The molecule has 0 atom stereocenters. The van der Waals surface area contributed by atoms with E-state index < -0.39 is 23.1 Å². The highest BCUT2D eigenvalue weighted by molar-refractivity contribution is 5.99. The second kappa shape index (κ2) is 7.04. The van der Waals surface area contributed by atoms with Gasteiger partial charge in [0.2, 0.25) is 0 Å². The minimum atomic E-state index is -1.43. The lowest BCUT2D eigenvalue weighted by Gasteiger charge is -2.25. The maximum atomic E-state index is 12.0. The summed E-state index contributed by atoms with van der Waals surface area (Å²) in [6.07, 6.45) is 1.63. The van der Waals surface area contributed by atoms with Crippen LogP contribution in [0.25, 0.3) is 0 Å². The molecule has 0 aromatic carbocycles. The molecule has 1 N–H and O–H groups in total. The third kappa shape index (κ3) is 3.70. The van der Waals surface area contributed by atoms with Crippen LogP contribution in [0, 0.1) is 5.41 Å². The second-order valence-corrected chi connectivity index (χ2v) is 5.16. The minimum Gasteiger partial charge on any atom is -0.480 e. The van der Waals surface area contributed by atoms with E-state index in [-0.39, 0.29) is 19.4 Å². The van der Waals surface area contributed by atoms with E-state index in [4.69, 9.17) is 14.2 Å². The van der Waals surface area contributed by atoms with Crippen molar-refractivity contribution in [3.8, 4) is 0 Å². The van der Waals surface area contributed by atoms with Crippen LogP contribution in [-0.2, 0) is 23.8 Å². The fourth-order valence-corrected chi connectivity index (χ4v) is 2.33. The zero-order valence-electron chi connectivity index (χ0n) is 12.4. The quantitative estimate of drug-likeness (QED) is 0.418. The van der Waals surface area contributed by atoms with Gasteiger partial charge in [-0.3, -0.25) is 9.59 Å². The van der Waals surface area contributed by atoms with Crippen LogP contribution in [0.5, 0.6) is 0 Å². The molecule has 0 spiro atoms. The van der Waals surface area contributed by atoms with E-state index in [0.29, 0.717) is 26.1 Å². The molecule has 116 valence electrons. The number of carboxylic acids is 1. The SMILES string of the molecule is CCC(CC)(C(=O)O)C(=O)OCCCC1(C)OCCO1. The normalized spacial score (nSPS) is 17.9.